The SMILES string of the molecule is O=C(CCCCCC[C@H]1C(=O)CC[C@@H]1SCC(COc1cccc(C(F)(F)F)c1)C(O)O)Oc1ccc(NC(=O)c2ccccc2)cc1. The molecule has 258 valence electrons. The number of carbonyl (C=O) groups excluding carboxylic acids is 3. The van der Waals surface area contributed by atoms with Crippen LogP contribution in [0.3, 0.4) is 0 Å². The van der Waals surface area contributed by atoms with E-state index in [9.17, 15) is 37.8 Å². The highest BCUT2D eigenvalue weighted by molar-refractivity contribution is 7.99. The number of thioether (sulfide) groups is 1. The summed E-state index contributed by atoms with van der Waals surface area (Å²) in [5.41, 5.74) is 0.272. The number of benzene rings is 3. The molecule has 8 nitrogen and oxygen atoms in total. The fraction of sp³-hybridized carbons (Fsp3) is 0.417. The van der Waals surface area contributed by atoms with E-state index in [0.29, 0.717) is 42.7 Å². The van der Waals surface area contributed by atoms with Crippen LogP contribution in [0, 0.1) is 11.8 Å². The first kappa shape index (κ1) is 37.0. The number of aliphatic hydroxyl groups is 2. The van der Waals surface area contributed by atoms with E-state index in [1.165, 1.54) is 23.9 Å². The summed E-state index contributed by atoms with van der Waals surface area (Å²) in [5, 5.41) is 22.5. The molecule has 0 saturated heterocycles. The lowest BCUT2D eigenvalue weighted by atomic mass is 9.98. The molecule has 3 aromatic carbocycles. The number of hydrogen-bond acceptors (Lipinski definition) is 8. The summed E-state index contributed by atoms with van der Waals surface area (Å²) in [7, 11) is 0. The molecule has 1 aliphatic carbocycles. The van der Waals surface area contributed by atoms with E-state index in [-0.39, 0.29) is 53.4 Å². The predicted octanol–water partition coefficient (Wildman–Crippen LogP) is 7.29. The molecule has 0 aromatic heterocycles. The Bertz CT molecular complexity index is 1480. The van der Waals surface area contributed by atoms with E-state index in [4.69, 9.17) is 9.47 Å². The molecule has 3 atom stereocenters. The average Bonchev–Trinajstić information content (AvgIpc) is 3.42. The van der Waals surface area contributed by atoms with Crippen molar-refractivity contribution in [1.29, 1.82) is 0 Å². The van der Waals surface area contributed by atoms with E-state index in [1.54, 1.807) is 48.5 Å². The molecule has 1 saturated carbocycles. The summed E-state index contributed by atoms with van der Waals surface area (Å²) >= 11 is 1.47. The highest BCUT2D eigenvalue weighted by atomic mass is 32.2. The monoisotopic (exact) mass is 687 g/mol. The molecule has 48 heavy (non-hydrogen) atoms. The van der Waals surface area contributed by atoms with Gasteiger partial charge in [0.05, 0.1) is 18.1 Å². The van der Waals surface area contributed by atoms with Crippen LogP contribution in [0.15, 0.2) is 78.9 Å². The lowest BCUT2D eigenvalue weighted by Crippen LogP contribution is -2.29. The van der Waals surface area contributed by atoms with Gasteiger partial charge in [-0.3, -0.25) is 14.4 Å². The molecule has 1 fully saturated rings. The van der Waals surface area contributed by atoms with Crippen molar-refractivity contribution in [1.82, 2.24) is 0 Å². The Kier molecular flexibility index (Phi) is 13.9. The Morgan fingerprint density at radius 1 is 0.917 bits per heavy atom. The summed E-state index contributed by atoms with van der Waals surface area (Å²) in [6.07, 6.45) is -1.06. The zero-order valence-corrected chi connectivity index (χ0v) is 27.2. The van der Waals surface area contributed by atoms with E-state index in [2.05, 4.69) is 5.32 Å². The van der Waals surface area contributed by atoms with E-state index >= 15 is 0 Å². The van der Waals surface area contributed by atoms with Gasteiger partial charge in [-0.25, -0.2) is 0 Å². The van der Waals surface area contributed by atoms with Crippen LogP contribution in [0.25, 0.3) is 0 Å². The van der Waals surface area contributed by atoms with Crippen molar-refractivity contribution in [2.75, 3.05) is 17.7 Å². The number of ether oxygens (including phenoxy) is 2. The van der Waals surface area contributed by atoms with Gasteiger partial charge in [0.1, 0.15) is 17.3 Å². The highest BCUT2D eigenvalue weighted by Gasteiger charge is 2.35. The van der Waals surface area contributed by atoms with Gasteiger partial charge in [-0.15, -0.1) is 0 Å². The molecular weight excluding hydrogens is 647 g/mol. The number of hydrogen-bond donors (Lipinski definition) is 3. The largest absolute Gasteiger partial charge is 0.493 e. The lowest BCUT2D eigenvalue weighted by molar-refractivity contribution is -0.138. The molecule has 1 amide bonds. The number of esters is 1. The molecule has 3 aromatic rings. The maximum absolute atomic E-state index is 13.0. The second kappa shape index (κ2) is 18.0. The highest BCUT2D eigenvalue weighted by Crippen LogP contribution is 2.37. The van der Waals surface area contributed by atoms with Gasteiger partial charge in [0.15, 0.2) is 6.29 Å². The van der Waals surface area contributed by atoms with Crippen LogP contribution < -0.4 is 14.8 Å². The first-order valence-corrected chi connectivity index (χ1v) is 17.0. The Morgan fingerprint density at radius 3 is 2.35 bits per heavy atom. The van der Waals surface area contributed by atoms with Crippen molar-refractivity contribution in [3.63, 3.8) is 0 Å². The molecule has 0 radical (unpaired) electrons. The topological polar surface area (TPSA) is 122 Å². The fourth-order valence-electron chi connectivity index (χ4n) is 5.43. The van der Waals surface area contributed by atoms with E-state index < -0.39 is 23.9 Å². The minimum Gasteiger partial charge on any atom is -0.493 e. The Morgan fingerprint density at radius 2 is 1.65 bits per heavy atom. The van der Waals surface area contributed by atoms with Gasteiger partial charge in [-0.1, -0.05) is 43.5 Å². The van der Waals surface area contributed by atoms with Crippen molar-refractivity contribution in [2.24, 2.45) is 11.8 Å². The number of amides is 1. The van der Waals surface area contributed by atoms with Gasteiger partial charge in [-0.05, 0) is 73.9 Å². The van der Waals surface area contributed by atoms with Crippen molar-refractivity contribution in [3.05, 3.63) is 90.0 Å². The molecule has 0 aliphatic heterocycles. The third kappa shape index (κ3) is 11.7. The molecular formula is C36H40F3NO7S. The molecule has 0 bridgehead atoms. The molecule has 3 N–H and O–H groups in total. The van der Waals surface area contributed by atoms with Gasteiger partial charge in [0.25, 0.3) is 5.91 Å². The van der Waals surface area contributed by atoms with Crippen LogP contribution in [-0.4, -0.2) is 51.8 Å². The molecule has 12 heteroatoms. The fourth-order valence-corrected chi connectivity index (χ4v) is 6.99. The minimum absolute atomic E-state index is 0.0113. The number of anilines is 1. The van der Waals surface area contributed by atoms with Crippen LogP contribution in [-0.2, 0) is 15.8 Å². The van der Waals surface area contributed by atoms with Crippen molar-refractivity contribution in [2.45, 2.75) is 69.1 Å². The van der Waals surface area contributed by atoms with Crippen molar-refractivity contribution >= 4 is 35.1 Å². The van der Waals surface area contributed by atoms with Crippen molar-refractivity contribution in [3.8, 4) is 11.5 Å². The molecule has 1 unspecified atom stereocenters. The maximum atomic E-state index is 13.0. The molecule has 0 spiro atoms. The van der Waals surface area contributed by atoms with Gasteiger partial charge >= 0.3 is 12.1 Å². The van der Waals surface area contributed by atoms with Crippen molar-refractivity contribution < 1.29 is 47.2 Å². The first-order valence-electron chi connectivity index (χ1n) is 16.0. The number of halogens is 3. The molecule has 0 heterocycles. The third-order valence-electron chi connectivity index (χ3n) is 8.13. The summed E-state index contributed by atoms with van der Waals surface area (Å²) in [5.74, 6) is -0.651. The number of unbranched alkanes of at least 4 members (excludes halogenated alkanes) is 3. The van der Waals surface area contributed by atoms with Crippen LogP contribution >= 0.6 is 11.8 Å². The van der Waals surface area contributed by atoms with Gasteiger partial charge in [-0.2, -0.15) is 24.9 Å². The van der Waals surface area contributed by atoms with Crippen LogP contribution in [0.1, 0.15) is 67.3 Å². The Balaban J connectivity index is 1.12. The number of nitrogens with one attached hydrogen (secondary N) is 1. The Labute approximate surface area is 282 Å². The number of alkyl halides is 3. The summed E-state index contributed by atoms with van der Waals surface area (Å²) in [4.78, 5) is 37.2. The normalized spacial score (nSPS) is 16.9. The number of carbonyl (C=O) groups is 3. The van der Waals surface area contributed by atoms with Gasteiger partial charge < -0.3 is 25.0 Å². The summed E-state index contributed by atoms with van der Waals surface area (Å²) < 4.78 is 49.9. The van der Waals surface area contributed by atoms with Crippen LogP contribution in [0.5, 0.6) is 11.5 Å². The lowest BCUT2D eigenvalue weighted by Gasteiger charge is -2.23. The first-order chi connectivity index (χ1) is 23.0. The second-order valence-electron chi connectivity index (χ2n) is 11.8. The van der Waals surface area contributed by atoms with E-state index in [0.717, 1.165) is 31.4 Å². The number of rotatable bonds is 17. The average molecular weight is 688 g/mol. The molecule has 4 rings (SSSR count). The second-order valence-corrected chi connectivity index (χ2v) is 13.0. The smallest absolute Gasteiger partial charge is 0.416 e. The van der Waals surface area contributed by atoms with Gasteiger partial charge in [0.2, 0.25) is 0 Å². The van der Waals surface area contributed by atoms with Crippen LogP contribution in [0.4, 0.5) is 18.9 Å². The van der Waals surface area contributed by atoms with Crippen LogP contribution in [0.2, 0.25) is 0 Å². The summed E-state index contributed by atoms with van der Waals surface area (Å²) in [6, 6.07) is 19.8. The maximum Gasteiger partial charge on any atom is 0.416 e. The van der Waals surface area contributed by atoms with E-state index in [1.807, 2.05) is 6.07 Å². The number of ketones is 1. The minimum atomic E-state index is -4.51. The number of aliphatic hydroxyl groups excluding tert-OH is 1. The zero-order valence-electron chi connectivity index (χ0n) is 26.4. The zero-order chi connectivity index (χ0) is 34.5. The quantitative estimate of drug-likeness (QED) is 0.0586. The Hall–Kier alpha value is -3.87. The summed E-state index contributed by atoms with van der Waals surface area (Å²) in [6.45, 7) is -0.183. The number of Topliss-reactive ketones (excluding diaryl/α,β-unsaturated/α-hetero) is 1. The predicted molar refractivity (Wildman–Crippen MR) is 177 cm³/mol. The molecule has 1 aliphatic rings. The van der Waals surface area contributed by atoms with Gasteiger partial charge in [0, 0.05) is 41.0 Å². The standard InChI is InChI=1S/C36H40F3NO7S/c37-36(38,39)26-11-8-12-29(21-26)46-22-25(35(44)45)23-48-32-20-19-31(41)30(32)13-6-1-2-7-14-33(42)47-28-17-15-27(16-18-28)40-34(43)24-9-4-3-5-10-24/h3-5,8-12,15-18,21,25,30,32,35,44-45H,1-2,6-7,13-14,19-20,22-23H2,(H,40,43)/t25?,30-,32-/m0/s1. The third-order valence-corrected chi connectivity index (χ3v) is 9.75.